The van der Waals surface area contributed by atoms with Gasteiger partial charge in [0, 0.05) is 45.3 Å². The Balaban J connectivity index is 1.47. The summed E-state index contributed by atoms with van der Waals surface area (Å²) in [7, 11) is 0. The van der Waals surface area contributed by atoms with Gasteiger partial charge in [-0.15, -0.1) is 0 Å². The first kappa shape index (κ1) is 15.3. The zero-order valence-corrected chi connectivity index (χ0v) is 13.6. The molecule has 0 aromatic rings. The van der Waals surface area contributed by atoms with E-state index in [0.717, 1.165) is 45.3 Å². The maximum Gasteiger partial charge on any atom is 0.239 e. The second kappa shape index (κ2) is 7.10. The Kier molecular flexibility index (Phi) is 5.17. The van der Waals surface area contributed by atoms with Crippen LogP contribution in [0.3, 0.4) is 0 Å². The maximum absolute atomic E-state index is 12.5. The second-order valence-corrected chi connectivity index (χ2v) is 7.07. The van der Waals surface area contributed by atoms with Crippen molar-refractivity contribution in [3.8, 4) is 0 Å². The van der Waals surface area contributed by atoms with Gasteiger partial charge in [0.15, 0.2) is 0 Å². The van der Waals surface area contributed by atoms with E-state index >= 15 is 0 Å². The van der Waals surface area contributed by atoms with Gasteiger partial charge in [-0.3, -0.25) is 14.6 Å². The molecule has 120 valence electrons. The van der Waals surface area contributed by atoms with Crippen molar-refractivity contribution in [3.05, 3.63) is 0 Å². The van der Waals surface area contributed by atoms with Gasteiger partial charge < -0.3 is 4.90 Å². The lowest BCUT2D eigenvalue weighted by atomic mass is 9.93. The molecule has 1 unspecified atom stereocenters. The number of hydrogen-bond acceptors (Lipinski definition) is 3. The number of amides is 1. The van der Waals surface area contributed by atoms with E-state index in [-0.39, 0.29) is 6.04 Å². The molecule has 3 fully saturated rings. The molecule has 21 heavy (non-hydrogen) atoms. The van der Waals surface area contributed by atoms with Crippen molar-refractivity contribution in [3.63, 3.8) is 0 Å². The lowest BCUT2D eigenvalue weighted by Crippen LogP contribution is -2.56. The van der Waals surface area contributed by atoms with Gasteiger partial charge in [0.05, 0.1) is 6.04 Å². The van der Waals surface area contributed by atoms with Crippen LogP contribution in [0.4, 0.5) is 0 Å². The first-order valence-electron chi connectivity index (χ1n) is 9.02. The van der Waals surface area contributed by atoms with Crippen LogP contribution in [0.5, 0.6) is 0 Å². The molecule has 1 amide bonds. The lowest BCUT2D eigenvalue weighted by Gasteiger charge is -2.42. The van der Waals surface area contributed by atoms with Crippen molar-refractivity contribution in [1.82, 2.24) is 14.7 Å². The number of nitrogens with zero attached hydrogens (tertiary/aromatic N) is 3. The standard InChI is InChI=1S/C17H31N3O/c1-15(17(21)20-9-5-6-10-20)18-11-13-19(14-12-18)16-7-3-2-4-8-16/h15-16H,2-14H2,1H3. The van der Waals surface area contributed by atoms with Gasteiger partial charge in [-0.1, -0.05) is 19.3 Å². The highest BCUT2D eigenvalue weighted by molar-refractivity contribution is 5.81. The van der Waals surface area contributed by atoms with Crippen LogP contribution in [-0.2, 0) is 4.79 Å². The van der Waals surface area contributed by atoms with Gasteiger partial charge in [-0.05, 0) is 32.6 Å². The molecule has 1 saturated carbocycles. The molecule has 1 atom stereocenters. The number of hydrogen-bond donors (Lipinski definition) is 0. The largest absolute Gasteiger partial charge is 0.341 e. The van der Waals surface area contributed by atoms with Crippen LogP contribution in [0.2, 0.25) is 0 Å². The number of carbonyl (C=O) groups excluding carboxylic acids is 1. The minimum Gasteiger partial charge on any atom is -0.341 e. The van der Waals surface area contributed by atoms with Gasteiger partial charge >= 0.3 is 0 Å². The van der Waals surface area contributed by atoms with E-state index in [1.165, 1.54) is 44.9 Å². The summed E-state index contributed by atoms with van der Waals surface area (Å²) in [6.07, 6.45) is 9.41. The molecule has 0 spiro atoms. The highest BCUT2D eigenvalue weighted by Crippen LogP contribution is 2.24. The third kappa shape index (κ3) is 3.59. The Bertz CT molecular complexity index is 340. The van der Waals surface area contributed by atoms with Crippen LogP contribution in [0, 0.1) is 0 Å². The summed E-state index contributed by atoms with van der Waals surface area (Å²) >= 11 is 0. The summed E-state index contributed by atoms with van der Waals surface area (Å²) < 4.78 is 0. The van der Waals surface area contributed by atoms with Crippen LogP contribution in [0.1, 0.15) is 51.9 Å². The van der Waals surface area contributed by atoms with Crippen molar-refractivity contribution in [2.24, 2.45) is 0 Å². The third-order valence-corrected chi connectivity index (χ3v) is 5.76. The molecule has 0 N–H and O–H groups in total. The number of rotatable bonds is 3. The van der Waals surface area contributed by atoms with Crippen LogP contribution in [0.25, 0.3) is 0 Å². The molecule has 0 radical (unpaired) electrons. The van der Waals surface area contributed by atoms with E-state index in [0.29, 0.717) is 5.91 Å². The zero-order valence-electron chi connectivity index (χ0n) is 13.6. The summed E-state index contributed by atoms with van der Waals surface area (Å²) in [6, 6.07) is 0.905. The summed E-state index contributed by atoms with van der Waals surface area (Å²) in [5.74, 6) is 0.360. The molecule has 1 aliphatic carbocycles. The lowest BCUT2D eigenvalue weighted by molar-refractivity contribution is -0.136. The summed E-state index contributed by atoms with van der Waals surface area (Å²) in [5.41, 5.74) is 0. The summed E-state index contributed by atoms with van der Waals surface area (Å²) in [6.45, 7) is 8.51. The Morgan fingerprint density at radius 3 is 2.10 bits per heavy atom. The second-order valence-electron chi connectivity index (χ2n) is 7.07. The molecule has 0 bridgehead atoms. The highest BCUT2D eigenvalue weighted by Gasteiger charge is 2.31. The molecule has 3 aliphatic rings. The summed E-state index contributed by atoms with van der Waals surface area (Å²) in [4.78, 5) is 19.7. The summed E-state index contributed by atoms with van der Waals surface area (Å²) in [5, 5.41) is 0. The molecule has 4 nitrogen and oxygen atoms in total. The van der Waals surface area contributed by atoms with Crippen molar-refractivity contribution >= 4 is 5.91 Å². The first-order chi connectivity index (χ1) is 10.3. The molecule has 2 heterocycles. The van der Waals surface area contributed by atoms with Crippen molar-refractivity contribution in [1.29, 1.82) is 0 Å². The fraction of sp³-hybridized carbons (Fsp3) is 0.941. The van der Waals surface area contributed by atoms with E-state index < -0.39 is 0 Å². The molecular weight excluding hydrogens is 262 g/mol. The minimum atomic E-state index is 0.0802. The normalized spacial score (nSPS) is 28.0. The third-order valence-electron chi connectivity index (χ3n) is 5.76. The number of piperazine rings is 1. The van der Waals surface area contributed by atoms with Gasteiger partial charge in [0.1, 0.15) is 0 Å². The molecule has 2 aliphatic heterocycles. The van der Waals surface area contributed by atoms with Gasteiger partial charge in [0.25, 0.3) is 0 Å². The Labute approximate surface area is 129 Å². The first-order valence-corrected chi connectivity index (χ1v) is 9.02. The predicted octanol–water partition coefficient (Wildman–Crippen LogP) is 1.95. The van der Waals surface area contributed by atoms with Crippen LogP contribution >= 0.6 is 0 Å². The van der Waals surface area contributed by atoms with Crippen LogP contribution < -0.4 is 0 Å². The molecule has 2 saturated heterocycles. The van der Waals surface area contributed by atoms with Crippen molar-refractivity contribution < 1.29 is 4.79 Å². The molecule has 3 rings (SSSR count). The Morgan fingerprint density at radius 1 is 0.857 bits per heavy atom. The molecule has 4 heteroatoms. The van der Waals surface area contributed by atoms with E-state index in [1.54, 1.807) is 0 Å². The topological polar surface area (TPSA) is 26.8 Å². The predicted molar refractivity (Wildman–Crippen MR) is 85.3 cm³/mol. The SMILES string of the molecule is CC(C(=O)N1CCCC1)N1CCN(C2CCCCC2)CC1. The fourth-order valence-corrected chi connectivity index (χ4v) is 4.29. The number of likely N-dealkylation sites (tertiary alicyclic amines) is 1. The maximum atomic E-state index is 12.5. The fourth-order valence-electron chi connectivity index (χ4n) is 4.29. The quantitative estimate of drug-likeness (QED) is 0.796. The van der Waals surface area contributed by atoms with E-state index in [1.807, 2.05) is 0 Å². The molecule has 0 aromatic heterocycles. The molecule has 0 aromatic carbocycles. The van der Waals surface area contributed by atoms with Crippen LogP contribution in [0.15, 0.2) is 0 Å². The van der Waals surface area contributed by atoms with Crippen molar-refractivity contribution in [2.75, 3.05) is 39.3 Å². The Morgan fingerprint density at radius 2 is 1.48 bits per heavy atom. The van der Waals surface area contributed by atoms with E-state index in [4.69, 9.17) is 0 Å². The van der Waals surface area contributed by atoms with E-state index in [2.05, 4.69) is 21.6 Å². The monoisotopic (exact) mass is 293 g/mol. The average Bonchev–Trinajstić information content (AvgIpc) is 3.09. The average molecular weight is 293 g/mol. The smallest absolute Gasteiger partial charge is 0.239 e. The van der Waals surface area contributed by atoms with Gasteiger partial charge in [0.2, 0.25) is 5.91 Å². The number of carbonyl (C=O) groups is 1. The van der Waals surface area contributed by atoms with Gasteiger partial charge in [-0.2, -0.15) is 0 Å². The Hall–Kier alpha value is -0.610. The highest BCUT2D eigenvalue weighted by atomic mass is 16.2. The van der Waals surface area contributed by atoms with Crippen molar-refractivity contribution in [2.45, 2.75) is 64.0 Å². The zero-order chi connectivity index (χ0) is 14.7. The van der Waals surface area contributed by atoms with Crippen LogP contribution in [-0.4, -0.2) is 72.0 Å². The van der Waals surface area contributed by atoms with E-state index in [9.17, 15) is 4.79 Å². The van der Waals surface area contributed by atoms with Gasteiger partial charge in [-0.25, -0.2) is 0 Å². The molecular formula is C17H31N3O. The minimum absolute atomic E-state index is 0.0802.